The maximum atomic E-state index is 4.96. The van der Waals surface area contributed by atoms with Gasteiger partial charge >= 0.3 is 0 Å². The minimum absolute atomic E-state index is 0.0972. The van der Waals surface area contributed by atoms with Gasteiger partial charge in [-0.1, -0.05) is 13.3 Å². The van der Waals surface area contributed by atoms with Crippen LogP contribution in [0.4, 0.5) is 0 Å². The van der Waals surface area contributed by atoms with Gasteiger partial charge in [-0.05, 0) is 6.42 Å². The van der Waals surface area contributed by atoms with Crippen molar-refractivity contribution in [2.75, 3.05) is 14.2 Å². The topological polar surface area (TPSA) is 30.5 Å². The summed E-state index contributed by atoms with van der Waals surface area (Å²) >= 11 is 0. The molecule has 0 heterocycles. The Morgan fingerprint density at radius 2 is 2.22 bits per heavy atom. The maximum absolute atomic E-state index is 4.96. The minimum Gasteiger partial charge on any atom is -0.354 e. The normalized spacial score (nSPS) is 13.7. The number of nitrogens with one attached hydrogen (secondary N) is 1. The van der Waals surface area contributed by atoms with Crippen LogP contribution in [0, 0.1) is 0 Å². The van der Waals surface area contributed by atoms with Crippen LogP contribution < -0.4 is 5.48 Å². The lowest BCUT2D eigenvalue weighted by molar-refractivity contribution is -0.162. The summed E-state index contributed by atoms with van der Waals surface area (Å²) in [6.07, 6.45) is 1.90. The molecule has 0 aromatic heterocycles. The zero-order valence-corrected chi connectivity index (χ0v) is 6.31. The first-order valence-electron chi connectivity index (χ1n) is 3.20. The van der Waals surface area contributed by atoms with E-state index in [-0.39, 0.29) is 6.29 Å². The molecule has 0 bridgehead atoms. The predicted octanol–water partition coefficient (Wildman–Crippen LogP) is 0.910. The van der Waals surface area contributed by atoms with Gasteiger partial charge in [-0.2, -0.15) is 0 Å². The summed E-state index contributed by atoms with van der Waals surface area (Å²) in [5.74, 6) is 0. The molecular weight excluding hydrogens is 118 g/mol. The van der Waals surface area contributed by atoms with E-state index in [1.54, 1.807) is 14.2 Å². The quantitative estimate of drug-likeness (QED) is 0.446. The Kier molecular flexibility index (Phi) is 5.93. The average Bonchev–Trinajstić information content (AvgIpc) is 1.88. The van der Waals surface area contributed by atoms with Gasteiger partial charge in [0.1, 0.15) is 0 Å². The summed E-state index contributed by atoms with van der Waals surface area (Å²) in [5, 5.41) is 0. The molecular formula is C6H15NO2. The van der Waals surface area contributed by atoms with E-state index < -0.39 is 0 Å². The fourth-order valence-corrected chi connectivity index (χ4v) is 0.592. The van der Waals surface area contributed by atoms with Gasteiger partial charge in [0, 0.05) is 14.2 Å². The fraction of sp³-hybridized carbons (Fsp3) is 1.00. The second-order valence-corrected chi connectivity index (χ2v) is 1.78. The lowest BCUT2D eigenvalue weighted by Crippen LogP contribution is -2.22. The van der Waals surface area contributed by atoms with E-state index in [9.17, 15) is 0 Å². The highest BCUT2D eigenvalue weighted by molar-refractivity contribution is 4.38. The molecule has 0 amide bonds. The molecule has 0 saturated carbocycles. The second kappa shape index (κ2) is 6.01. The van der Waals surface area contributed by atoms with Gasteiger partial charge in [0.25, 0.3) is 0 Å². The molecule has 1 N–H and O–H groups in total. The Hall–Kier alpha value is -0.120. The first-order chi connectivity index (χ1) is 4.35. The van der Waals surface area contributed by atoms with Crippen LogP contribution in [0.1, 0.15) is 19.8 Å². The number of methoxy groups -OCH3 is 1. The van der Waals surface area contributed by atoms with E-state index >= 15 is 0 Å². The van der Waals surface area contributed by atoms with Crippen molar-refractivity contribution in [1.29, 1.82) is 0 Å². The lowest BCUT2D eigenvalue weighted by atomic mass is 10.3. The highest BCUT2D eigenvalue weighted by Crippen LogP contribution is 1.99. The highest BCUT2D eigenvalue weighted by atomic mass is 16.8. The SMILES string of the molecule is CCCC(OC)ONC. The van der Waals surface area contributed by atoms with Crippen molar-refractivity contribution in [2.24, 2.45) is 0 Å². The van der Waals surface area contributed by atoms with Gasteiger partial charge in [0.2, 0.25) is 0 Å². The first kappa shape index (κ1) is 8.88. The monoisotopic (exact) mass is 133 g/mol. The van der Waals surface area contributed by atoms with Gasteiger partial charge in [0.15, 0.2) is 6.29 Å². The van der Waals surface area contributed by atoms with E-state index in [0.29, 0.717) is 0 Å². The summed E-state index contributed by atoms with van der Waals surface area (Å²) in [4.78, 5) is 4.96. The van der Waals surface area contributed by atoms with Gasteiger partial charge in [0.05, 0.1) is 0 Å². The molecule has 0 rings (SSSR count). The Morgan fingerprint density at radius 3 is 2.56 bits per heavy atom. The smallest absolute Gasteiger partial charge is 0.176 e. The van der Waals surface area contributed by atoms with Crippen molar-refractivity contribution in [3.8, 4) is 0 Å². The molecule has 3 nitrogen and oxygen atoms in total. The third-order valence-corrected chi connectivity index (χ3v) is 1.04. The number of ether oxygens (including phenoxy) is 1. The fourth-order valence-electron chi connectivity index (χ4n) is 0.592. The molecule has 9 heavy (non-hydrogen) atoms. The molecule has 0 saturated heterocycles. The van der Waals surface area contributed by atoms with E-state index in [4.69, 9.17) is 9.57 Å². The molecule has 0 aliphatic carbocycles. The Labute approximate surface area is 56.3 Å². The standard InChI is InChI=1S/C6H15NO2/c1-4-5-6(8-3)9-7-2/h6-7H,4-5H2,1-3H3. The molecule has 56 valence electrons. The van der Waals surface area contributed by atoms with Gasteiger partial charge in [-0.15, -0.1) is 0 Å². The highest BCUT2D eigenvalue weighted by Gasteiger charge is 2.02. The predicted molar refractivity (Wildman–Crippen MR) is 35.8 cm³/mol. The van der Waals surface area contributed by atoms with Crippen LogP contribution >= 0.6 is 0 Å². The number of hydroxylamine groups is 1. The molecule has 3 heteroatoms. The second-order valence-electron chi connectivity index (χ2n) is 1.78. The van der Waals surface area contributed by atoms with Crippen LogP contribution in [-0.2, 0) is 9.57 Å². The van der Waals surface area contributed by atoms with E-state index in [1.807, 2.05) is 0 Å². The Morgan fingerprint density at radius 1 is 1.56 bits per heavy atom. The average molecular weight is 133 g/mol. The zero-order chi connectivity index (χ0) is 7.11. The summed E-state index contributed by atoms with van der Waals surface area (Å²) in [5.41, 5.74) is 2.58. The Bertz CT molecular complexity index is 53.0. The van der Waals surface area contributed by atoms with Crippen molar-refractivity contribution in [2.45, 2.75) is 26.1 Å². The largest absolute Gasteiger partial charge is 0.354 e. The molecule has 1 unspecified atom stereocenters. The van der Waals surface area contributed by atoms with E-state index in [2.05, 4.69) is 12.4 Å². The molecule has 0 aliphatic heterocycles. The molecule has 0 radical (unpaired) electrons. The van der Waals surface area contributed by atoms with Crippen molar-refractivity contribution in [3.63, 3.8) is 0 Å². The van der Waals surface area contributed by atoms with Crippen molar-refractivity contribution < 1.29 is 9.57 Å². The lowest BCUT2D eigenvalue weighted by Gasteiger charge is -2.12. The molecule has 0 fully saturated rings. The summed E-state index contributed by atoms with van der Waals surface area (Å²) in [6.45, 7) is 2.09. The van der Waals surface area contributed by atoms with Crippen LogP contribution in [0.15, 0.2) is 0 Å². The summed E-state index contributed by atoms with van der Waals surface area (Å²) in [7, 11) is 3.36. The van der Waals surface area contributed by atoms with E-state index in [0.717, 1.165) is 12.8 Å². The van der Waals surface area contributed by atoms with Crippen molar-refractivity contribution in [1.82, 2.24) is 5.48 Å². The molecule has 0 aromatic carbocycles. The third kappa shape index (κ3) is 4.39. The van der Waals surface area contributed by atoms with Gasteiger partial charge in [-0.3, -0.25) is 4.84 Å². The first-order valence-corrected chi connectivity index (χ1v) is 3.20. The summed E-state index contributed by atoms with van der Waals surface area (Å²) < 4.78 is 4.95. The zero-order valence-electron chi connectivity index (χ0n) is 6.31. The van der Waals surface area contributed by atoms with Crippen molar-refractivity contribution >= 4 is 0 Å². The third-order valence-electron chi connectivity index (χ3n) is 1.04. The molecule has 0 aromatic rings. The van der Waals surface area contributed by atoms with Gasteiger partial charge < -0.3 is 4.74 Å². The molecule has 1 atom stereocenters. The van der Waals surface area contributed by atoms with Crippen LogP contribution in [0.25, 0.3) is 0 Å². The molecule has 0 aliphatic rings. The van der Waals surface area contributed by atoms with Crippen molar-refractivity contribution in [3.05, 3.63) is 0 Å². The van der Waals surface area contributed by atoms with Crippen LogP contribution in [-0.4, -0.2) is 20.4 Å². The number of hydrogen-bond donors (Lipinski definition) is 1. The van der Waals surface area contributed by atoms with Crippen LogP contribution in [0.2, 0.25) is 0 Å². The van der Waals surface area contributed by atoms with Crippen LogP contribution in [0.5, 0.6) is 0 Å². The minimum atomic E-state index is -0.0972. The molecule has 0 spiro atoms. The van der Waals surface area contributed by atoms with Crippen LogP contribution in [0.3, 0.4) is 0 Å². The maximum Gasteiger partial charge on any atom is 0.176 e. The number of hydrogen-bond acceptors (Lipinski definition) is 3. The summed E-state index contributed by atoms with van der Waals surface area (Å²) in [6, 6.07) is 0. The van der Waals surface area contributed by atoms with Gasteiger partial charge in [-0.25, -0.2) is 5.48 Å². The number of rotatable bonds is 5. The van der Waals surface area contributed by atoms with E-state index in [1.165, 1.54) is 0 Å². The Balaban J connectivity index is 3.18.